The van der Waals surface area contributed by atoms with Crippen LogP contribution in [0, 0.1) is 5.92 Å². The van der Waals surface area contributed by atoms with Crippen LogP contribution in [-0.4, -0.2) is 25.0 Å². The second-order valence-corrected chi connectivity index (χ2v) is 4.50. The van der Waals surface area contributed by atoms with Gasteiger partial charge in [-0.1, -0.05) is 27.2 Å². The third-order valence-corrected chi connectivity index (χ3v) is 2.40. The number of carbonyl (C=O) groups is 1. The van der Waals surface area contributed by atoms with Gasteiger partial charge in [0, 0.05) is 6.54 Å². The molecule has 0 heterocycles. The van der Waals surface area contributed by atoms with Crippen LogP contribution in [0.1, 0.15) is 47.0 Å². The molecule has 0 aliphatic carbocycles. The molecule has 0 aliphatic heterocycles. The SMILES string of the molecule is CCCCNC(C)C(=O)NCCC(C)C. The molecular weight excluding hydrogens is 188 g/mol. The maximum atomic E-state index is 11.5. The molecule has 1 amide bonds. The van der Waals surface area contributed by atoms with Crippen molar-refractivity contribution < 1.29 is 4.79 Å². The molecule has 0 spiro atoms. The summed E-state index contributed by atoms with van der Waals surface area (Å²) in [5.74, 6) is 0.764. The van der Waals surface area contributed by atoms with Crippen LogP contribution in [0.2, 0.25) is 0 Å². The Labute approximate surface area is 94.0 Å². The Bertz CT molecular complexity index is 169. The molecule has 0 radical (unpaired) electrons. The van der Waals surface area contributed by atoms with E-state index in [1.807, 2.05) is 6.92 Å². The van der Waals surface area contributed by atoms with Crippen molar-refractivity contribution >= 4 is 5.91 Å². The fraction of sp³-hybridized carbons (Fsp3) is 0.917. The summed E-state index contributed by atoms with van der Waals surface area (Å²) in [5.41, 5.74) is 0. The molecule has 0 aliphatic rings. The van der Waals surface area contributed by atoms with E-state index >= 15 is 0 Å². The second kappa shape index (κ2) is 8.72. The van der Waals surface area contributed by atoms with E-state index in [-0.39, 0.29) is 11.9 Å². The maximum Gasteiger partial charge on any atom is 0.236 e. The highest BCUT2D eigenvalue weighted by atomic mass is 16.2. The summed E-state index contributed by atoms with van der Waals surface area (Å²) in [6, 6.07) is -0.0660. The molecule has 0 aromatic rings. The quantitative estimate of drug-likeness (QED) is 0.606. The fourth-order valence-electron chi connectivity index (χ4n) is 1.23. The Kier molecular flexibility index (Phi) is 8.38. The van der Waals surface area contributed by atoms with Crippen molar-refractivity contribution in [1.82, 2.24) is 10.6 Å². The van der Waals surface area contributed by atoms with Crippen molar-refractivity contribution in [1.29, 1.82) is 0 Å². The van der Waals surface area contributed by atoms with E-state index in [1.165, 1.54) is 0 Å². The average molecular weight is 214 g/mol. The molecule has 0 aromatic carbocycles. The maximum absolute atomic E-state index is 11.5. The molecule has 15 heavy (non-hydrogen) atoms. The molecule has 1 unspecified atom stereocenters. The first-order chi connectivity index (χ1) is 7.07. The van der Waals surface area contributed by atoms with Gasteiger partial charge in [-0.15, -0.1) is 0 Å². The van der Waals surface area contributed by atoms with Crippen LogP contribution >= 0.6 is 0 Å². The van der Waals surface area contributed by atoms with Gasteiger partial charge in [-0.2, -0.15) is 0 Å². The van der Waals surface area contributed by atoms with Crippen molar-refractivity contribution in [2.24, 2.45) is 5.92 Å². The lowest BCUT2D eigenvalue weighted by atomic mass is 10.1. The van der Waals surface area contributed by atoms with E-state index in [0.717, 1.165) is 32.4 Å². The summed E-state index contributed by atoms with van der Waals surface area (Å²) in [7, 11) is 0. The zero-order valence-corrected chi connectivity index (χ0v) is 10.6. The lowest BCUT2D eigenvalue weighted by Crippen LogP contribution is -2.42. The molecule has 3 nitrogen and oxygen atoms in total. The van der Waals surface area contributed by atoms with Gasteiger partial charge in [0.2, 0.25) is 5.91 Å². The summed E-state index contributed by atoms with van der Waals surface area (Å²) in [6.45, 7) is 10.1. The first-order valence-corrected chi connectivity index (χ1v) is 6.09. The van der Waals surface area contributed by atoms with Crippen LogP contribution in [0.15, 0.2) is 0 Å². The number of nitrogens with one attached hydrogen (secondary N) is 2. The van der Waals surface area contributed by atoms with Gasteiger partial charge in [0.1, 0.15) is 0 Å². The Morgan fingerprint density at radius 1 is 1.20 bits per heavy atom. The normalized spacial score (nSPS) is 12.9. The third-order valence-electron chi connectivity index (χ3n) is 2.40. The Morgan fingerprint density at radius 2 is 1.87 bits per heavy atom. The highest BCUT2D eigenvalue weighted by Gasteiger charge is 2.10. The minimum atomic E-state index is -0.0660. The molecule has 90 valence electrons. The van der Waals surface area contributed by atoms with Crippen molar-refractivity contribution in [3.05, 3.63) is 0 Å². The summed E-state index contributed by atoms with van der Waals surface area (Å²) in [6.07, 6.45) is 3.34. The molecule has 1 atom stereocenters. The van der Waals surface area contributed by atoms with Crippen molar-refractivity contribution in [3.63, 3.8) is 0 Å². The minimum Gasteiger partial charge on any atom is -0.355 e. The number of rotatable bonds is 8. The summed E-state index contributed by atoms with van der Waals surface area (Å²) in [5, 5.41) is 6.15. The van der Waals surface area contributed by atoms with Crippen LogP contribution < -0.4 is 10.6 Å². The fourth-order valence-corrected chi connectivity index (χ4v) is 1.23. The van der Waals surface area contributed by atoms with E-state index in [1.54, 1.807) is 0 Å². The van der Waals surface area contributed by atoms with E-state index in [4.69, 9.17) is 0 Å². The lowest BCUT2D eigenvalue weighted by Gasteiger charge is -2.14. The van der Waals surface area contributed by atoms with Crippen LogP contribution in [0.3, 0.4) is 0 Å². The number of hydrogen-bond acceptors (Lipinski definition) is 2. The molecule has 0 saturated carbocycles. The number of carbonyl (C=O) groups excluding carboxylic acids is 1. The molecule has 3 heteroatoms. The van der Waals surface area contributed by atoms with E-state index in [2.05, 4.69) is 31.4 Å². The summed E-state index contributed by atoms with van der Waals surface area (Å²) >= 11 is 0. The first kappa shape index (κ1) is 14.4. The van der Waals surface area contributed by atoms with Crippen LogP contribution in [0.4, 0.5) is 0 Å². The molecule has 0 aromatic heterocycles. The Hall–Kier alpha value is -0.570. The smallest absolute Gasteiger partial charge is 0.236 e. The number of unbranched alkanes of at least 4 members (excludes halogenated alkanes) is 1. The Morgan fingerprint density at radius 3 is 2.40 bits per heavy atom. The van der Waals surface area contributed by atoms with E-state index in [0.29, 0.717) is 5.92 Å². The first-order valence-electron chi connectivity index (χ1n) is 6.09. The van der Waals surface area contributed by atoms with Gasteiger partial charge < -0.3 is 10.6 Å². The lowest BCUT2D eigenvalue weighted by molar-refractivity contribution is -0.122. The standard InChI is InChI=1S/C12H26N2O/c1-5-6-8-13-11(4)12(15)14-9-7-10(2)3/h10-11,13H,5-9H2,1-4H3,(H,14,15). The van der Waals surface area contributed by atoms with E-state index in [9.17, 15) is 4.79 Å². The van der Waals surface area contributed by atoms with Crippen LogP contribution in [0.5, 0.6) is 0 Å². The molecular formula is C12H26N2O. The third kappa shape index (κ3) is 8.43. The van der Waals surface area contributed by atoms with Crippen molar-refractivity contribution in [2.45, 2.75) is 53.0 Å². The summed E-state index contributed by atoms with van der Waals surface area (Å²) in [4.78, 5) is 11.5. The topological polar surface area (TPSA) is 41.1 Å². The highest BCUT2D eigenvalue weighted by Crippen LogP contribution is 1.96. The largest absolute Gasteiger partial charge is 0.355 e. The predicted molar refractivity (Wildman–Crippen MR) is 64.8 cm³/mol. The molecule has 0 fully saturated rings. The van der Waals surface area contributed by atoms with Crippen LogP contribution in [0.25, 0.3) is 0 Å². The molecule has 2 N–H and O–H groups in total. The summed E-state index contributed by atoms with van der Waals surface area (Å²) < 4.78 is 0. The van der Waals surface area contributed by atoms with Gasteiger partial charge >= 0.3 is 0 Å². The molecule has 0 saturated heterocycles. The van der Waals surface area contributed by atoms with Gasteiger partial charge in [0.25, 0.3) is 0 Å². The molecule has 0 rings (SSSR count). The number of hydrogen-bond donors (Lipinski definition) is 2. The van der Waals surface area contributed by atoms with Gasteiger partial charge in [-0.25, -0.2) is 0 Å². The van der Waals surface area contributed by atoms with Gasteiger partial charge in [0.05, 0.1) is 6.04 Å². The van der Waals surface area contributed by atoms with Gasteiger partial charge in [-0.05, 0) is 32.2 Å². The zero-order chi connectivity index (χ0) is 11.7. The van der Waals surface area contributed by atoms with Gasteiger partial charge in [0.15, 0.2) is 0 Å². The minimum absolute atomic E-state index is 0.0660. The zero-order valence-electron chi connectivity index (χ0n) is 10.6. The highest BCUT2D eigenvalue weighted by molar-refractivity contribution is 5.81. The Balaban J connectivity index is 3.51. The van der Waals surface area contributed by atoms with E-state index < -0.39 is 0 Å². The molecule has 0 bridgehead atoms. The van der Waals surface area contributed by atoms with Crippen molar-refractivity contribution in [3.8, 4) is 0 Å². The second-order valence-electron chi connectivity index (χ2n) is 4.50. The predicted octanol–water partition coefficient (Wildman–Crippen LogP) is 1.93. The van der Waals surface area contributed by atoms with Gasteiger partial charge in [-0.3, -0.25) is 4.79 Å². The van der Waals surface area contributed by atoms with Crippen LogP contribution in [-0.2, 0) is 4.79 Å². The average Bonchev–Trinajstić information content (AvgIpc) is 2.17. The van der Waals surface area contributed by atoms with Crippen molar-refractivity contribution in [2.75, 3.05) is 13.1 Å². The monoisotopic (exact) mass is 214 g/mol. The number of amides is 1.